The molecule has 2 saturated heterocycles. The lowest BCUT2D eigenvalue weighted by atomic mass is 10.2. The van der Waals surface area contributed by atoms with Gasteiger partial charge in [0.1, 0.15) is 0 Å². The fraction of sp³-hybridized carbons (Fsp3) is 0.462. The maximum Gasteiger partial charge on any atom is 0.260 e. The molecule has 1 aromatic heterocycles. The van der Waals surface area contributed by atoms with Crippen LogP contribution in [-0.4, -0.2) is 56.0 Å². The fourth-order valence-corrected chi connectivity index (χ4v) is 7.32. The zero-order chi connectivity index (χ0) is 24.4. The number of nitrogens with zero attached hydrogens (tertiary/aromatic N) is 3. The smallest absolute Gasteiger partial charge is 0.260 e. The molecule has 3 aromatic rings. The van der Waals surface area contributed by atoms with E-state index in [-0.39, 0.29) is 16.9 Å². The molecule has 2 aromatic carbocycles. The quantitative estimate of drug-likeness (QED) is 0.464. The number of anilines is 1. The third kappa shape index (κ3) is 5.28. The van der Waals surface area contributed by atoms with E-state index < -0.39 is 10.0 Å². The molecule has 3 heterocycles. The van der Waals surface area contributed by atoms with Crippen LogP contribution >= 0.6 is 11.3 Å². The number of aromatic nitrogens is 1. The number of fused-ring (bicyclic) bond motifs is 1. The van der Waals surface area contributed by atoms with Gasteiger partial charge in [-0.25, -0.2) is 13.4 Å². The highest BCUT2D eigenvalue weighted by Gasteiger charge is 2.29. The minimum atomic E-state index is -3.56. The van der Waals surface area contributed by atoms with Gasteiger partial charge in [-0.3, -0.25) is 9.69 Å². The van der Waals surface area contributed by atoms with E-state index in [4.69, 9.17) is 9.72 Å². The third-order valence-electron chi connectivity index (χ3n) is 6.72. The number of amides is 1. The van der Waals surface area contributed by atoms with Gasteiger partial charge in [-0.05, 0) is 74.6 Å². The van der Waals surface area contributed by atoms with Crippen LogP contribution in [0.1, 0.15) is 54.4 Å². The standard InChI is InChI=1S/C26H31N3O4S2/c1-19-8-13-23-24(17-19)34-26(27-23)29(18-21-7-6-16-33-21)25(30)20-9-11-22(12-10-20)35(31,32)28-14-4-2-3-5-15-28/h8-13,17,21H,2-7,14-16,18H2,1H3. The number of carbonyl (C=O) groups is 1. The molecule has 1 amide bonds. The van der Waals surface area contributed by atoms with Gasteiger partial charge in [0, 0.05) is 25.3 Å². The van der Waals surface area contributed by atoms with E-state index in [1.54, 1.807) is 33.5 Å². The highest BCUT2D eigenvalue weighted by Crippen LogP contribution is 2.32. The summed E-state index contributed by atoms with van der Waals surface area (Å²) in [7, 11) is -3.56. The number of rotatable bonds is 6. The van der Waals surface area contributed by atoms with Crippen LogP contribution in [-0.2, 0) is 14.8 Å². The number of benzene rings is 2. The normalized spacial score (nSPS) is 19.6. The Morgan fingerprint density at radius 2 is 1.83 bits per heavy atom. The molecule has 5 rings (SSSR count). The number of aryl methyl sites for hydroxylation is 1. The van der Waals surface area contributed by atoms with Crippen molar-refractivity contribution >= 4 is 42.6 Å². The lowest BCUT2D eigenvalue weighted by Crippen LogP contribution is -2.37. The number of hydrogen-bond acceptors (Lipinski definition) is 6. The second kappa shape index (κ2) is 10.3. The van der Waals surface area contributed by atoms with Crippen molar-refractivity contribution in [3.05, 3.63) is 53.6 Å². The highest BCUT2D eigenvalue weighted by molar-refractivity contribution is 7.89. The summed E-state index contributed by atoms with van der Waals surface area (Å²) in [5, 5.41) is 0.632. The van der Waals surface area contributed by atoms with Gasteiger partial charge >= 0.3 is 0 Å². The molecule has 35 heavy (non-hydrogen) atoms. The Morgan fingerprint density at radius 1 is 1.09 bits per heavy atom. The molecular formula is C26H31N3O4S2. The van der Waals surface area contributed by atoms with Crippen LogP contribution in [0.15, 0.2) is 47.4 Å². The average molecular weight is 514 g/mol. The Labute approximate surface area is 210 Å². The van der Waals surface area contributed by atoms with Gasteiger partial charge in [0.2, 0.25) is 10.0 Å². The van der Waals surface area contributed by atoms with Crippen LogP contribution in [0.3, 0.4) is 0 Å². The number of thiazole rings is 1. The highest BCUT2D eigenvalue weighted by atomic mass is 32.2. The molecule has 2 fully saturated rings. The zero-order valence-electron chi connectivity index (χ0n) is 20.0. The van der Waals surface area contributed by atoms with Gasteiger partial charge < -0.3 is 4.74 Å². The zero-order valence-corrected chi connectivity index (χ0v) is 21.6. The molecule has 1 atom stereocenters. The van der Waals surface area contributed by atoms with Crippen LogP contribution < -0.4 is 4.90 Å². The summed E-state index contributed by atoms with van der Waals surface area (Å²) in [6.07, 6.45) is 5.74. The van der Waals surface area contributed by atoms with Crippen molar-refractivity contribution in [2.24, 2.45) is 0 Å². The lowest BCUT2D eigenvalue weighted by molar-refractivity contribution is 0.0917. The summed E-state index contributed by atoms with van der Waals surface area (Å²) in [6, 6.07) is 12.4. The van der Waals surface area contributed by atoms with E-state index in [9.17, 15) is 13.2 Å². The van der Waals surface area contributed by atoms with Crippen LogP contribution in [0.5, 0.6) is 0 Å². The van der Waals surface area contributed by atoms with Gasteiger partial charge in [0.05, 0.1) is 27.8 Å². The van der Waals surface area contributed by atoms with E-state index >= 15 is 0 Å². The topological polar surface area (TPSA) is 79.8 Å². The third-order valence-corrected chi connectivity index (χ3v) is 9.68. The summed E-state index contributed by atoms with van der Waals surface area (Å²) < 4.78 is 34.7. The first kappa shape index (κ1) is 24.4. The maximum absolute atomic E-state index is 13.7. The molecule has 2 aliphatic heterocycles. The number of sulfonamides is 1. The van der Waals surface area contributed by atoms with Crippen LogP contribution in [0.2, 0.25) is 0 Å². The largest absolute Gasteiger partial charge is 0.376 e. The molecule has 1 unspecified atom stereocenters. The van der Waals surface area contributed by atoms with Gasteiger partial charge in [-0.2, -0.15) is 4.31 Å². The van der Waals surface area contributed by atoms with Crippen molar-refractivity contribution in [2.45, 2.75) is 56.4 Å². The molecule has 0 aliphatic carbocycles. The average Bonchev–Trinajstić information content (AvgIpc) is 3.43. The Kier molecular flexibility index (Phi) is 7.20. The molecule has 2 aliphatic rings. The van der Waals surface area contributed by atoms with Crippen molar-refractivity contribution in [3.63, 3.8) is 0 Å². The van der Waals surface area contributed by atoms with E-state index in [1.165, 1.54) is 11.3 Å². The second-order valence-corrected chi connectivity index (χ2v) is 12.3. The van der Waals surface area contributed by atoms with E-state index in [1.807, 2.05) is 19.1 Å². The van der Waals surface area contributed by atoms with Crippen molar-refractivity contribution < 1.29 is 17.9 Å². The van der Waals surface area contributed by atoms with Crippen LogP contribution in [0.25, 0.3) is 10.2 Å². The van der Waals surface area contributed by atoms with Gasteiger partial charge in [0.25, 0.3) is 5.91 Å². The molecular weight excluding hydrogens is 482 g/mol. The van der Waals surface area contributed by atoms with Crippen LogP contribution in [0.4, 0.5) is 5.13 Å². The predicted octanol–water partition coefficient (Wildman–Crippen LogP) is 5.00. The molecule has 9 heteroatoms. The van der Waals surface area contributed by atoms with Crippen molar-refractivity contribution in [2.75, 3.05) is 31.1 Å². The van der Waals surface area contributed by atoms with Crippen molar-refractivity contribution in [1.29, 1.82) is 0 Å². The Morgan fingerprint density at radius 3 is 2.51 bits per heavy atom. The molecule has 0 N–H and O–H groups in total. The lowest BCUT2D eigenvalue weighted by Gasteiger charge is -2.23. The minimum Gasteiger partial charge on any atom is -0.376 e. The maximum atomic E-state index is 13.7. The second-order valence-electron chi connectivity index (χ2n) is 9.36. The Hall–Kier alpha value is -2.33. The summed E-state index contributed by atoms with van der Waals surface area (Å²) in [6.45, 7) is 4.26. The number of ether oxygens (including phenoxy) is 1. The Balaban J connectivity index is 1.42. The van der Waals surface area contributed by atoms with Crippen molar-refractivity contribution in [1.82, 2.24) is 9.29 Å². The summed E-state index contributed by atoms with van der Waals surface area (Å²) >= 11 is 1.49. The van der Waals surface area contributed by atoms with E-state index in [0.717, 1.165) is 54.3 Å². The molecule has 0 radical (unpaired) electrons. The SMILES string of the molecule is Cc1ccc2nc(N(CC3CCCO3)C(=O)c3ccc(S(=O)(=O)N4CCCCCC4)cc3)sc2c1. The first-order chi connectivity index (χ1) is 16.9. The minimum absolute atomic E-state index is 0.0321. The Bertz CT molecular complexity index is 1290. The van der Waals surface area contributed by atoms with E-state index in [2.05, 4.69) is 6.07 Å². The summed E-state index contributed by atoms with van der Waals surface area (Å²) in [5.74, 6) is -0.199. The van der Waals surface area contributed by atoms with E-state index in [0.29, 0.717) is 36.9 Å². The van der Waals surface area contributed by atoms with Crippen molar-refractivity contribution in [3.8, 4) is 0 Å². The van der Waals surface area contributed by atoms with Crippen LogP contribution in [0, 0.1) is 6.92 Å². The van der Waals surface area contributed by atoms with Gasteiger partial charge in [0.15, 0.2) is 5.13 Å². The molecule has 7 nitrogen and oxygen atoms in total. The monoisotopic (exact) mass is 513 g/mol. The number of hydrogen-bond donors (Lipinski definition) is 0. The summed E-state index contributed by atoms with van der Waals surface area (Å²) in [5.41, 5.74) is 2.44. The van der Waals surface area contributed by atoms with Gasteiger partial charge in [-0.1, -0.05) is 30.2 Å². The summed E-state index contributed by atoms with van der Waals surface area (Å²) in [4.78, 5) is 20.3. The number of carbonyl (C=O) groups excluding carboxylic acids is 1. The fourth-order valence-electron chi connectivity index (χ4n) is 4.73. The molecule has 186 valence electrons. The predicted molar refractivity (Wildman–Crippen MR) is 139 cm³/mol. The molecule has 0 bridgehead atoms. The molecule has 0 spiro atoms. The van der Waals surface area contributed by atoms with Gasteiger partial charge in [-0.15, -0.1) is 0 Å². The molecule has 0 saturated carbocycles. The first-order valence-corrected chi connectivity index (χ1v) is 14.6. The first-order valence-electron chi connectivity index (χ1n) is 12.3.